The van der Waals surface area contributed by atoms with Crippen molar-refractivity contribution in [3.8, 4) is 5.69 Å². The van der Waals surface area contributed by atoms with Crippen molar-refractivity contribution in [2.75, 3.05) is 21.3 Å². The Hall–Kier alpha value is -5.07. The third-order valence-electron chi connectivity index (χ3n) is 6.32. The molecule has 13 heteroatoms. The van der Waals surface area contributed by atoms with E-state index in [1.807, 2.05) is 0 Å². The molecular weight excluding hydrogens is 523 g/mol. The summed E-state index contributed by atoms with van der Waals surface area (Å²) in [6, 6.07) is 10.4. The van der Waals surface area contributed by atoms with E-state index < -0.39 is 46.5 Å². The molecule has 0 unspecified atom stereocenters. The monoisotopic (exact) mass is 541 g/mol. The lowest BCUT2D eigenvalue weighted by Gasteiger charge is -2.07. The van der Waals surface area contributed by atoms with Crippen LogP contribution in [0.5, 0.6) is 0 Å². The van der Waals surface area contributed by atoms with Crippen molar-refractivity contribution >= 4 is 45.2 Å². The maximum atomic E-state index is 13.8. The number of halogens is 3. The number of hydrogen-bond donors (Lipinski definition) is 1. The van der Waals surface area contributed by atoms with E-state index in [1.165, 1.54) is 0 Å². The fourth-order valence-electron chi connectivity index (χ4n) is 4.66. The van der Waals surface area contributed by atoms with E-state index in [0.29, 0.717) is 10.8 Å². The minimum Gasteiger partial charge on any atom is -0.465 e. The van der Waals surface area contributed by atoms with Crippen LogP contribution in [0, 0.1) is 0 Å². The molecule has 3 heterocycles. The average Bonchev–Trinajstić information content (AvgIpc) is 3.47. The first-order valence-electron chi connectivity index (χ1n) is 11.2. The molecule has 0 spiro atoms. The summed E-state index contributed by atoms with van der Waals surface area (Å²) >= 11 is 0. The number of nitrogens with zero attached hydrogens (tertiary/aromatic N) is 2. The highest BCUT2D eigenvalue weighted by Crippen LogP contribution is 2.36. The number of methoxy groups -OCH3 is 3. The van der Waals surface area contributed by atoms with Crippen LogP contribution < -0.4 is 5.56 Å². The zero-order valence-electron chi connectivity index (χ0n) is 20.5. The maximum Gasteiger partial charge on any atom is 0.416 e. The van der Waals surface area contributed by atoms with Crippen LogP contribution in [0.2, 0.25) is 0 Å². The third kappa shape index (κ3) is 3.73. The number of benzene rings is 2. The third-order valence-corrected chi connectivity index (χ3v) is 6.32. The zero-order valence-corrected chi connectivity index (χ0v) is 20.5. The van der Waals surface area contributed by atoms with Gasteiger partial charge in [-0.05, 0) is 24.3 Å². The van der Waals surface area contributed by atoms with E-state index in [4.69, 9.17) is 14.2 Å². The van der Waals surface area contributed by atoms with Crippen molar-refractivity contribution in [2.24, 2.45) is 0 Å². The lowest BCUT2D eigenvalue weighted by molar-refractivity contribution is -0.137. The van der Waals surface area contributed by atoms with E-state index >= 15 is 0 Å². The van der Waals surface area contributed by atoms with Gasteiger partial charge in [0.15, 0.2) is 0 Å². The van der Waals surface area contributed by atoms with Crippen LogP contribution in [0.25, 0.3) is 33.0 Å². The Kier molecular flexibility index (Phi) is 5.93. The highest BCUT2D eigenvalue weighted by molar-refractivity contribution is 6.22. The number of rotatable bonds is 4. The fraction of sp³-hybridized carbons (Fsp3) is 0.154. The fourth-order valence-corrected chi connectivity index (χ4v) is 4.66. The van der Waals surface area contributed by atoms with Crippen LogP contribution in [-0.4, -0.2) is 53.4 Å². The lowest BCUT2D eigenvalue weighted by atomic mass is 10.0. The summed E-state index contributed by atoms with van der Waals surface area (Å²) in [6.45, 7) is 0. The summed E-state index contributed by atoms with van der Waals surface area (Å²) in [5.41, 5.74) is -2.90. The van der Waals surface area contributed by atoms with Gasteiger partial charge in [0.25, 0.3) is 5.56 Å². The summed E-state index contributed by atoms with van der Waals surface area (Å²) in [5.74, 6) is -3.10. The number of esters is 3. The Labute approximate surface area is 216 Å². The van der Waals surface area contributed by atoms with Gasteiger partial charge < -0.3 is 14.2 Å². The first-order valence-corrected chi connectivity index (χ1v) is 11.2. The SMILES string of the molecule is COC(=O)c1c(C(=O)OC)c2c3ccccc3c3[nH]n(-c4ccc(C(F)(F)F)cc4)c(=O)c3n2c1C(=O)OC. The molecule has 2 aromatic carbocycles. The Morgan fingerprint density at radius 3 is 1.90 bits per heavy atom. The molecule has 1 N–H and O–H groups in total. The quantitative estimate of drug-likeness (QED) is 0.269. The topological polar surface area (TPSA) is 121 Å². The van der Waals surface area contributed by atoms with E-state index in [9.17, 15) is 32.3 Å². The first-order chi connectivity index (χ1) is 18.5. The second-order valence-corrected chi connectivity index (χ2v) is 8.32. The molecule has 10 nitrogen and oxygen atoms in total. The van der Waals surface area contributed by atoms with Crippen molar-refractivity contribution in [1.82, 2.24) is 14.2 Å². The second kappa shape index (κ2) is 9.04. The van der Waals surface area contributed by atoms with Crippen LogP contribution >= 0.6 is 0 Å². The minimum absolute atomic E-state index is 0.00131. The Bertz CT molecular complexity index is 1880. The van der Waals surface area contributed by atoms with E-state index in [0.717, 1.165) is 54.7 Å². The molecule has 0 saturated heterocycles. The highest BCUT2D eigenvalue weighted by Gasteiger charge is 2.36. The largest absolute Gasteiger partial charge is 0.465 e. The summed E-state index contributed by atoms with van der Waals surface area (Å²) in [5, 5.41) is 3.66. The molecule has 0 aliphatic rings. The molecule has 0 amide bonds. The van der Waals surface area contributed by atoms with Gasteiger partial charge in [-0.3, -0.25) is 14.3 Å². The molecular formula is C26H18F3N3O7. The molecule has 39 heavy (non-hydrogen) atoms. The van der Waals surface area contributed by atoms with E-state index in [-0.39, 0.29) is 27.8 Å². The molecule has 0 atom stereocenters. The predicted octanol–water partition coefficient (Wildman–Crippen LogP) is 4.10. The molecule has 0 radical (unpaired) electrons. The number of hydrogen-bond acceptors (Lipinski definition) is 7. The highest BCUT2D eigenvalue weighted by atomic mass is 19.4. The summed E-state index contributed by atoms with van der Waals surface area (Å²) < 4.78 is 56.1. The number of aromatic amines is 1. The van der Waals surface area contributed by atoms with Gasteiger partial charge in [0.05, 0.1) is 43.6 Å². The average molecular weight is 541 g/mol. The van der Waals surface area contributed by atoms with Crippen LogP contribution in [-0.2, 0) is 20.4 Å². The molecule has 5 aromatic rings. The van der Waals surface area contributed by atoms with Crippen molar-refractivity contribution in [3.63, 3.8) is 0 Å². The number of carbonyl (C=O) groups is 3. The van der Waals surface area contributed by atoms with Crippen molar-refractivity contribution < 1.29 is 41.8 Å². The van der Waals surface area contributed by atoms with Crippen molar-refractivity contribution in [2.45, 2.75) is 6.18 Å². The minimum atomic E-state index is -4.58. The second-order valence-electron chi connectivity index (χ2n) is 8.32. The van der Waals surface area contributed by atoms with Crippen molar-refractivity contribution in [3.05, 3.63) is 81.3 Å². The predicted molar refractivity (Wildman–Crippen MR) is 131 cm³/mol. The van der Waals surface area contributed by atoms with Gasteiger partial charge in [0.1, 0.15) is 22.3 Å². The number of nitrogens with one attached hydrogen (secondary N) is 1. The normalized spacial score (nSPS) is 11.7. The van der Waals surface area contributed by atoms with Gasteiger partial charge in [0.2, 0.25) is 0 Å². The number of ether oxygens (including phenoxy) is 3. The molecule has 0 bridgehead atoms. The number of pyridine rings is 1. The first kappa shape index (κ1) is 25.6. The molecule has 0 fully saturated rings. The molecule has 0 saturated carbocycles. The van der Waals surface area contributed by atoms with Gasteiger partial charge in [-0.1, -0.05) is 24.3 Å². The number of carbonyl (C=O) groups excluding carboxylic acids is 3. The van der Waals surface area contributed by atoms with Crippen LogP contribution in [0.3, 0.4) is 0 Å². The van der Waals surface area contributed by atoms with Crippen LogP contribution in [0.1, 0.15) is 36.8 Å². The molecule has 0 aliphatic carbocycles. The van der Waals surface area contributed by atoms with E-state index in [2.05, 4.69) is 5.10 Å². The molecule has 0 aliphatic heterocycles. The number of fused-ring (bicyclic) bond motifs is 6. The molecule has 3 aromatic heterocycles. The van der Waals surface area contributed by atoms with Crippen LogP contribution in [0.15, 0.2) is 53.3 Å². The maximum absolute atomic E-state index is 13.8. The number of H-pyrrole nitrogens is 1. The smallest absolute Gasteiger partial charge is 0.416 e. The Balaban J connectivity index is 2.03. The zero-order chi connectivity index (χ0) is 28.2. The van der Waals surface area contributed by atoms with E-state index in [1.54, 1.807) is 24.3 Å². The van der Waals surface area contributed by atoms with Gasteiger partial charge in [-0.25, -0.2) is 19.1 Å². The standard InChI is InChI=1S/C26H18F3N3O7/c1-37-23(34)16-17(24(35)38-2)20(25(36)39-3)31-19(16)15-7-5-4-6-14(15)18-21(31)22(33)32(30-18)13-10-8-12(9-11-13)26(27,28)29/h4-11,30H,1-3H3. The van der Waals surface area contributed by atoms with Crippen LogP contribution in [0.4, 0.5) is 13.2 Å². The van der Waals surface area contributed by atoms with Gasteiger partial charge in [0, 0.05) is 10.8 Å². The lowest BCUT2D eigenvalue weighted by Crippen LogP contribution is -2.18. The summed E-state index contributed by atoms with van der Waals surface area (Å²) in [4.78, 5) is 52.8. The number of alkyl halides is 3. The molecule has 200 valence electrons. The van der Waals surface area contributed by atoms with Gasteiger partial charge in [-0.15, -0.1) is 0 Å². The van der Waals surface area contributed by atoms with Gasteiger partial charge >= 0.3 is 24.1 Å². The van der Waals surface area contributed by atoms with Gasteiger partial charge in [-0.2, -0.15) is 13.2 Å². The molecule has 5 rings (SSSR count). The summed E-state index contributed by atoms with van der Waals surface area (Å²) in [6.07, 6.45) is -4.58. The summed E-state index contributed by atoms with van der Waals surface area (Å²) in [7, 11) is 3.18. The Morgan fingerprint density at radius 1 is 0.769 bits per heavy atom. The Morgan fingerprint density at radius 2 is 1.33 bits per heavy atom. The van der Waals surface area contributed by atoms with Crippen molar-refractivity contribution in [1.29, 1.82) is 0 Å². The number of aromatic nitrogens is 3.